The average molecular weight is 253 g/mol. The molecule has 0 aliphatic heterocycles. The van der Waals surface area contributed by atoms with Gasteiger partial charge in [0.25, 0.3) is 0 Å². The van der Waals surface area contributed by atoms with E-state index in [0.717, 1.165) is 18.0 Å². The molecule has 2 atom stereocenters. The van der Waals surface area contributed by atoms with E-state index in [0.29, 0.717) is 17.4 Å². The molecular formula is C16H19N3. The molecule has 3 rings (SSSR count). The molecule has 1 aromatic heterocycles. The fourth-order valence-corrected chi connectivity index (χ4v) is 2.74. The summed E-state index contributed by atoms with van der Waals surface area (Å²) in [6.45, 7) is 7.75. The van der Waals surface area contributed by atoms with E-state index >= 15 is 0 Å². The Kier molecular flexibility index (Phi) is 2.82. The van der Waals surface area contributed by atoms with Gasteiger partial charge in [-0.2, -0.15) is 5.26 Å². The summed E-state index contributed by atoms with van der Waals surface area (Å²) in [5, 5.41) is 9.00. The summed E-state index contributed by atoms with van der Waals surface area (Å²) >= 11 is 0. The van der Waals surface area contributed by atoms with E-state index in [4.69, 9.17) is 10.2 Å². The predicted molar refractivity (Wildman–Crippen MR) is 75.8 cm³/mol. The molecule has 1 aromatic carbocycles. The molecule has 1 fully saturated rings. The number of hydrogen-bond donors (Lipinski definition) is 0. The lowest BCUT2D eigenvalue weighted by atomic mass is 10.2. The van der Waals surface area contributed by atoms with Crippen LogP contribution in [0.1, 0.15) is 44.5 Å². The van der Waals surface area contributed by atoms with Crippen molar-refractivity contribution in [2.75, 3.05) is 0 Å². The number of fused-ring (bicyclic) bond motifs is 1. The monoisotopic (exact) mass is 253 g/mol. The maximum Gasteiger partial charge on any atom is 0.113 e. The zero-order valence-electron chi connectivity index (χ0n) is 11.7. The molecule has 98 valence electrons. The molecule has 0 amide bonds. The molecule has 0 saturated heterocycles. The Bertz CT molecular complexity index is 660. The smallest absolute Gasteiger partial charge is 0.113 e. The fraction of sp³-hybridized carbons (Fsp3) is 0.500. The van der Waals surface area contributed by atoms with Crippen molar-refractivity contribution in [2.45, 2.75) is 39.7 Å². The Morgan fingerprint density at radius 3 is 2.79 bits per heavy atom. The first-order valence-corrected chi connectivity index (χ1v) is 7.00. The summed E-state index contributed by atoms with van der Waals surface area (Å²) in [5.41, 5.74) is 2.83. The Hall–Kier alpha value is -1.82. The average Bonchev–Trinajstić information content (AvgIpc) is 2.99. The summed E-state index contributed by atoms with van der Waals surface area (Å²) in [7, 11) is 0. The molecule has 2 unspecified atom stereocenters. The summed E-state index contributed by atoms with van der Waals surface area (Å²) in [4.78, 5) is 4.80. The van der Waals surface area contributed by atoms with Crippen LogP contribution in [-0.2, 0) is 6.54 Å². The second-order valence-electron chi connectivity index (χ2n) is 6.11. The highest BCUT2D eigenvalue weighted by molar-refractivity contribution is 5.78. The molecule has 0 N–H and O–H groups in total. The molecule has 1 saturated carbocycles. The van der Waals surface area contributed by atoms with Gasteiger partial charge in [0.15, 0.2) is 0 Å². The molecule has 3 heteroatoms. The van der Waals surface area contributed by atoms with Crippen molar-refractivity contribution >= 4 is 11.0 Å². The topological polar surface area (TPSA) is 41.6 Å². The lowest BCUT2D eigenvalue weighted by Gasteiger charge is -2.11. The largest absolute Gasteiger partial charge is 0.327 e. The molecule has 0 bridgehead atoms. The molecule has 0 radical (unpaired) electrons. The van der Waals surface area contributed by atoms with Crippen LogP contribution in [0.4, 0.5) is 0 Å². The van der Waals surface area contributed by atoms with E-state index in [2.05, 4.69) is 31.4 Å². The minimum Gasteiger partial charge on any atom is -0.327 e. The van der Waals surface area contributed by atoms with Crippen LogP contribution in [0.25, 0.3) is 11.0 Å². The first kappa shape index (κ1) is 12.2. The third kappa shape index (κ3) is 2.12. The third-order valence-electron chi connectivity index (χ3n) is 3.90. The number of rotatable bonds is 3. The minimum atomic E-state index is 0.598. The van der Waals surface area contributed by atoms with Crippen LogP contribution in [0, 0.1) is 23.2 Å². The lowest BCUT2D eigenvalue weighted by Crippen LogP contribution is -2.08. The van der Waals surface area contributed by atoms with E-state index < -0.39 is 0 Å². The van der Waals surface area contributed by atoms with Crippen molar-refractivity contribution in [2.24, 2.45) is 11.8 Å². The highest BCUT2D eigenvalue weighted by Gasteiger charge is 2.38. The van der Waals surface area contributed by atoms with Crippen LogP contribution in [-0.4, -0.2) is 9.55 Å². The Labute approximate surface area is 113 Å². The number of imidazole rings is 1. The number of benzene rings is 1. The molecule has 1 aliphatic carbocycles. The van der Waals surface area contributed by atoms with Gasteiger partial charge in [0, 0.05) is 12.5 Å². The van der Waals surface area contributed by atoms with Crippen LogP contribution in [0.15, 0.2) is 18.2 Å². The van der Waals surface area contributed by atoms with E-state index in [-0.39, 0.29) is 0 Å². The van der Waals surface area contributed by atoms with Crippen molar-refractivity contribution < 1.29 is 0 Å². The van der Waals surface area contributed by atoms with Gasteiger partial charge in [0.2, 0.25) is 0 Å². The van der Waals surface area contributed by atoms with Crippen molar-refractivity contribution in [3.63, 3.8) is 0 Å². The number of aromatic nitrogens is 2. The molecule has 2 aromatic rings. The van der Waals surface area contributed by atoms with Gasteiger partial charge in [0.1, 0.15) is 5.82 Å². The molecule has 3 nitrogen and oxygen atoms in total. The van der Waals surface area contributed by atoms with Crippen LogP contribution < -0.4 is 0 Å². The standard InChI is InChI=1S/C16H19N3/c1-10(2)9-19-15-5-4-12(8-17)7-14(15)18-16(19)13-6-11(13)3/h4-5,7,10-11,13H,6,9H2,1-3H3. The third-order valence-corrected chi connectivity index (χ3v) is 3.90. The van der Waals surface area contributed by atoms with Gasteiger partial charge >= 0.3 is 0 Å². The fourth-order valence-electron chi connectivity index (χ4n) is 2.74. The van der Waals surface area contributed by atoms with E-state index in [1.807, 2.05) is 18.2 Å². The first-order valence-electron chi connectivity index (χ1n) is 7.00. The van der Waals surface area contributed by atoms with E-state index in [9.17, 15) is 0 Å². The SMILES string of the molecule is CC(C)Cn1c(C2CC2C)nc2cc(C#N)ccc21. The second kappa shape index (κ2) is 4.38. The number of nitrogens with zero attached hydrogens (tertiary/aromatic N) is 3. The van der Waals surface area contributed by atoms with Gasteiger partial charge in [-0.05, 0) is 36.5 Å². The van der Waals surface area contributed by atoms with E-state index in [1.165, 1.54) is 17.8 Å². The van der Waals surface area contributed by atoms with Crippen molar-refractivity contribution in [3.05, 3.63) is 29.6 Å². The zero-order valence-corrected chi connectivity index (χ0v) is 11.7. The van der Waals surface area contributed by atoms with Gasteiger partial charge in [-0.25, -0.2) is 4.98 Å². The van der Waals surface area contributed by atoms with Crippen molar-refractivity contribution in [1.29, 1.82) is 5.26 Å². The molecular weight excluding hydrogens is 234 g/mol. The summed E-state index contributed by atoms with van der Waals surface area (Å²) in [6, 6.07) is 8.03. The second-order valence-corrected chi connectivity index (χ2v) is 6.11. The van der Waals surface area contributed by atoms with Crippen LogP contribution in [0.3, 0.4) is 0 Å². The Balaban J connectivity index is 2.14. The summed E-state index contributed by atoms with van der Waals surface area (Å²) < 4.78 is 2.36. The highest BCUT2D eigenvalue weighted by atomic mass is 15.1. The van der Waals surface area contributed by atoms with Gasteiger partial charge in [-0.1, -0.05) is 20.8 Å². The summed E-state index contributed by atoms with van der Waals surface area (Å²) in [5.74, 6) is 3.17. The molecule has 1 aliphatic rings. The normalized spacial score (nSPS) is 21.8. The van der Waals surface area contributed by atoms with Crippen LogP contribution >= 0.6 is 0 Å². The predicted octanol–water partition coefficient (Wildman–Crippen LogP) is 3.69. The number of hydrogen-bond acceptors (Lipinski definition) is 2. The van der Waals surface area contributed by atoms with E-state index in [1.54, 1.807) is 0 Å². The zero-order chi connectivity index (χ0) is 13.6. The summed E-state index contributed by atoms with van der Waals surface area (Å²) in [6.07, 6.45) is 1.24. The molecule has 1 heterocycles. The first-order chi connectivity index (χ1) is 9.10. The Morgan fingerprint density at radius 2 is 2.21 bits per heavy atom. The van der Waals surface area contributed by atoms with Gasteiger partial charge in [0.05, 0.1) is 22.7 Å². The van der Waals surface area contributed by atoms with Gasteiger partial charge < -0.3 is 4.57 Å². The molecule has 19 heavy (non-hydrogen) atoms. The highest BCUT2D eigenvalue weighted by Crippen LogP contribution is 2.47. The quantitative estimate of drug-likeness (QED) is 0.837. The maximum absolute atomic E-state index is 9.00. The van der Waals surface area contributed by atoms with Crippen LogP contribution in [0.5, 0.6) is 0 Å². The van der Waals surface area contributed by atoms with Crippen LogP contribution in [0.2, 0.25) is 0 Å². The van der Waals surface area contributed by atoms with Crippen molar-refractivity contribution in [3.8, 4) is 6.07 Å². The Morgan fingerprint density at radius 1 is 1.47 bits per heavy atom. The maximum atomic E-state index is 9.00. The lowest BCUT2D eigenvalue weighted by molar-refractivity contribution is 0.515. The minimum absolute atomic E-state index is 0.598. The number of nitriles is 1. The van der Waals surface area contributed by atoms with Crippen molar-refractivity contribution in [1.82, 2.24) is 9.55 Å². The molecule has 0 spiro atoms. The van der Waals surface area contributed by atoms with Gasteiger partial charge in [-0.3, -0.25) is 0 Å². The van der Waals surface area contributed by atoms with Gasteiger partial charge in [-0.15, -0.1) is 0 Å².